The average Bonchev–Trinajstić information content (AvgIpc) is 2.46. The van der Waals surface area contributed by atoms with Gasteiger partial charge in [-0.3, -0.25) is 4.79 Å². The van der Waals surface area contributed by atoms with Gasteiger partial charge in [-0.2, -0.15) is 0 Å². The van der Waals surface area contributed by atoms with Crippen molar-refractivity contribution < 1.29 is 17.4 Å². The lowest BCUT2D eigenvalue weighted by atomic mass is 10.1. The molecular weight excluding hydrogens is 387 g/mol. The average molecular weight is 412 g/mol. The molecule has 1 aliphatic heterocycles. The molecule has 0 aromatic rings. The molecule has 1 saturated heterocycles. The lowest BCUT2D eigenvalue weighted by molar-refractivity contribution is -0.133. The first-order valence-electron chi connectivity index (χ1n) is 7.51. The normalized spacial score (nSPS) is 15.4. The lowest BCUT2D eigenvalue weighted by Gasteiger charge is -2.34. The van der Waals surface area contributed by atoms with E-state index in [9.17, 15) is 9.59 Å². The van der Waals surface area contributed by atoms with Gasteiger partial charge in [-0.1, -0.05) is 6.42 Å². The Labute approximate surface area is 140 Å². The van der Waals surface area contributed by atoms with E-state index in [0.29, 0.717) is 32.6 Å². The molecule has 7 heteroatoms. The Hall–Kier alpha value is -0.570. The van der Waals surface area contributed by atoms with Crippen LogP contribution in [0, 0.1) is 0 Å². The van der Waals surface area contributed by atoms with Crippen LogP contribution in [0.2, 0.25) is 0 Å². The second-order valence-corrected chi connectivity index (χ2v) is 6.05. The Balaban J connectivity index is 2.19. The summed E-state index contributed by atoms with van der Waals surface area (Å²) < 4.78 is 10.1. The smallest absolute Gasteiger partial charge is 0.410 e. The van der Waals surface area contributed by atoms with Gasteiger partial charge in [-0.05, 0) is 26.7 Å². The minimum absolute atomic E-state index is 0.108. The highest BCUT2D eigenvalue weighted by Crippen LogP contribution is 2.09. The predicted octanol–water partition coefficient (Wildman–Crippen LogP) is 2.60. The molecule has 0 radical (unpaired) electrons. The lowest BCUT2D eigenvalue weighted by Crippen LogP contribution is -2.51. The van der Waals surface area contributed by atoms with Crippen molar-refractivity contribution >= 4 is 35.0 Å². The molecule has 0 N–H and O–H groups in total. The summed E-state index contributed by atoms with van der Waals surface area (Å²) in [5.41, 5.74) is 0. The predicted molar refractivity (Wildman–Crippen MR) is 88.2 cm³/mol. The summed E-state index contributed by atoms with van der Waals surface area (Å²) in [7, 11) is 0. The molecule has 1 heterocycles. The molecule has 6 nitrogen and oxygen atoms in total. The van der Waals surface area contributed by atoms with Gasteiger partial charge >= 0.3 is 6.09 Å². The first kappa shape index (κ1) is 18.5. The third-order valence-corrected chi connectivity index (χ3v) is 3.78. The fraction of sp³-hybridized carbons (Fsp3) is 0.857. The minimum atomic E-state index is -0.282. The molecule has 0 aliphatic carbocycles. The summed E-state index contributed by atoms with van der Waals surface area (Å²) in [5.74, 6) is 0.183. The summed E-state index contributed by atoms with van der Waals surface area (Å²) in [6.07, 6.45) is 3.09. The quantitative estimate of drug-likeness (QED) is 0.477. The third-order valence-electron chi connectivity index (χ3n) is 3.34. The SMILES string of the molecule is CC(C)OC(=O)N1CCN(C(=O)CCCCCOI)CC1. The molecule has 0 aromatic heterocycles. The van der Waals surface area contributed by atoms with E-state index in [1.165, 1.54) is 0 Å². The Morgan fingerprint density at radius 1 is 1.05 bits per heavy atom. The van der Waals surface area contributed by atoms with Crippen LogP contribution in [0.5, 0.6) is 0 Å². The number of carbonyl (C=O) groups excluding carboxylic acids is 2. The number of hydrogen-bond donors (Lipinski definition) is 0. The number of amides is 2. The monoisotopic (exact) mass is 412 g/mol. The van der Waals surface area contributed by atoms with Crippen molar-refractivity contribution in [3.63, 3.8) is 0 Å². The standard InChI is InChI=1S/C14H25IN2O4/c1-12(2)21-14(19)17-9-7-16(8-10-17)13(18)6-4-3-5-11-20-15/h12H,3-11H2,1-2H3. The van der Waals surface area contributed by atoms with Gasteiger partial charge in [0.25, 0.3) is 0 Å². The van der Waals surface area contributed by atoms with Crippen molar-refractivity contribution in [1.82, 2.24) is 9.80 Å². The molecule has 1 aliphatic rings. The zero-order valence-corrected chi connectivity index (χ0v) is 15.0. The van der Waals surface area contributed by atoms with Gasteiger partial charge < -0.3 is 17.6 Å². The number of ether oxygens (including phenoxy) is 1. The van der Waals surface area contributed by atoms with Crippen LogP contribution in [-0.4, -0.2) is 60.7 Å². The number of nitrogens with zero attached hydrogens (tertiary/aromatic N) is 2. The van der Waals surface area contributed by atoms with Gasteiger partial charge in [-0.15, -0.1) is 0 Å². The van der Waals surface area contributed by atoms with Gasteiger partial charge in [0.15, 0.2) is 0 Å². The van der Waals surface area contributed by atoms with E-state index < -0.39 is 0 Å². The Morgan fingerprint density at radius 2 is 1.67 bits per heavy atom. The molecule has 21 heavy (non-hydrogen) atoms. The van der Waals surface area contributed by atoms with E-state index in [4.69, 9.17) is 7.80 Å². The first-order chi connectivity index (χ1) is 10.0. The van der Waals surface area contributed by atoms with Crippen molar-refractivity contribution in [1.29, 1.82) is 0 Å². The van der Waals surface area contributed by atoms with Crippen molar-refractivity contribution in [2.24, 2.45) is 0 Å². The molecule has 0 aromatic carbocycles. The minimum Gasteiger partial charge on any atom is -0.447 e. The Bertz CT molecular complexity index is 331. The summed E-state index contributed by atoms with van der Waals surface area (Å²) in [4.78, 5) is 27.3. The molecule has 0 spiro atoms. The van der Waals surface area contributed by atoms with Gasteiger partial charge in [0, 0.05) is 32.6 Å². The Morgan fingerprint density at radius 3 is 2.24 bits per heavy atom. The molecule has 1 fully saturated rings. The first-order valence-corrected chi connectivity index (χ1v) is 8.39. The van der Waals surface area contributed by atoms with Crippen LogP contribution in [0.25, 0.3) is 0 Å². The molecule has 2 amide bonds. The number of halogens is 1. The van der Waals surface area contributed by atoms with Crippen LogP contribution < -0.4 is 0 Å². The third kappa shape index (κ3) is 7.30. The fourth-order valence-corrected chi connectivity index (χ4v) is 2.49. The molecule has 0 atom stereocenters. The zero-order valence-electron chi connectivity index (χ0n) is 12.8. The van der Waals surface area contributed by atoms with E-state index in [1.807, 2.05) is 41.8 Å². The van der Waals surface area contributed by atoms with E-state index >= 15 is 0 Å². The molecule has 122 valence electrons. The highest BCUT2D eigenvalue weighted by atomic mass is 127. The molecule has 1 rings (SSSR count). The Kier molecular flexibility index (Phi) is 8.98. The van der Waals surface area contributed by atoms with Gasteiger partial charge in [-0.25, -0.2) is 4.79 Å². The molecule has 0 saturated carbocycles. The number of hydrogen-bond acceptors (Lipinski definition) is 4. The topological polar surface area (TPSA) is 59.1 Å². The van der Waals surface area contributed by atoms with Crippen LogP contribution in [0.1, 0.15) is 39.5 Å². The van der Waals surface area contributed by atoms with Crippen molar-refractivity contribution in [2.45, 2.75) is 45.6 Å². The second kappa shape index (κ2) is 10.2. The number of piperazine rings is 1. The van der Waals surface area contributed by atoms with E-state index in [-0.39, 0.29) is 18.1 Å². The van der Waals surface area contributed by atoms with Crippen LogP contribution in [0.4, 0.5) is 4.79 Å². The number of rotatable bonds is 7. The fourth-order valence-electron chi connectivity index (χ4n) is 2.18. The van der Waals surface area contributed by atoms with Gasteiger partial charge in [0.2, 0.25) is 5.91 Å². The zero-order chi connectivity index (χ0) is 15.7. The second-order valence-electron chi connectivity index (χ2n) is 5.42. The largest absolute Gasteiger partial charge is 0.447 e. The molecule has 0 bridgehead atoms. The van der Waals surface area contributed by atoms with E-state index in [2.05, 4.69) is 0 Å². The van der Waals surface area contributed by atoms with Gasteiger partial charge in [0.1, 0.15) is 23.0 Å². The van der Waals surface area contributed by atoms with Crippen LogP contribution in [0.15, 0.2) is 0 Å². The van der Waals surface area contributed by atoms with E-state index in [1.54, 1.807) is 4.90 Å². The van der Waals surface area contributed by atoms with Crippen LogP contribution in [0.3, 0.4) is 0 Å². The maximum atomic E-state index is 12.0. The molecule has 0 unspecified atom stereocenters. The maximum Gasteiger partial charge on any atom is 0.410 e. The number of unbranched alkanes of at least 4 members (excludes halogenated alkanes) is 2. The molecular formula is C14H25IN2O4. The van der Waals surface area contributed by atoms with Crippen LogP contribution >= 0.6 is 23.0 Å². The van der Waals surface area contributed by atoms with Crippen LogP contribution in [-0.2, 0) is 12.6 Å². The van der Waals surface area contributed by atoms with Crippen molar-refractivity contribution in [3.05, 3.63) is 0 Å². The summed E-state index contributed by atoms with van der Waals surface area (Å²) in [6, 6.07) is 0. The highest BCUT2D eigenvalue weighted by Gasteiger charge is 2.24. The number of carbonyl (C=O) groups is 2. The summed E-state index contributed by atoms with van der Waals surface area (Å²) >= 11 is 1.88. The van der Waals surface area contributed by atoms with Gasteiger partial charge in [0.05, 0.1) is 12.7 Å². The summed E-state index contributed by atoms with van der Waals surface area (Å²) in [6.45, 7) is 6.72. The van der Waals surface area contributed by atoms with E-state index in [0.717, 1.165) is 25.9 Å². The van der Waals surface area contributed by atoms with Crippen molar-refractivity contribution in [2.75, 3.05) is 32.8 Å². The van der Waals surface area contributed by atoms with Crippen molar-refractivity contribution in [3.8, 4) is 0 Å². The highest BCUT2D eigenvalue weighted by molar-refractivity contribution is 14.1. The summed E-state index contributed by atoms with van der Waals surface area (Å²) in [5, 5.41) is 0. The maximum absolute atomic E-state index is 12.0.